The predicted octanol–water partition coefficient (Wildman–Crippen LogP) is -0.349. The molecule has 2 N–H and O–H groups in total. The molecule has 2 atom stereocenters. The van der Waals surface area contributed by atoms with E-state index in [4.69, 9.17) is 0 Å². The van der Waals surface area contributed by atoms with Crippen LogP contribution in [0.15, 0.2) is 18.3 Å². The van der Waals surface area contributed by atoms with Crippen molar-refractivity contribution in [3.8, 4) is 0 Å². The molecule has 0 spiro atoms. The van der Waals surface area contributed by atoms with E-state index in [-0.39, 0.29) is 11.9 Å². The largest absolute Gasteiger partial charge is 0.391 e. The van der Waals surface area contributed by atoms with Gasteiger partial charge in [-0.3, -0.25) is 4.79 Å². The average Bonchev–Trinajstić information content (AvgIpc) is 2.63. The number of nitrogens with one attached hydrogen (secondary N) is 1. The van der Waals surface area contributed by atoms with Crippen molar-refractivity contribution in [1.29, 1.82) is 0 Å². The Bertz CT molecular complexity index is 435. The first-order valence-corrected chi connectivity index (χ1v) is 5.42. The maximum Gasteiger partial charge on any atom is 0.243 e. The molecule has 0 aliphatic carbocycles. The van der Waals surface area contributed by atoms with Gasteiger partial charge in [0.2, 0.25) is 5.91 Å². The van der Waals surface area contributed by atoms with Crippen LogP contribution in [-0.2, 0) is 11.3 Å². The van der Waals surface area contributed by atoms with Crippen molar-refractivity contribution in [2.45, 2.75) is 25.1 Å². The number of hydrogen-bond donors (Lipinski definition) is 2. The molecule has 1 aromatic heterocycles. The van der Waals surface area contributed by atoms with Gasteiger partial charge in [0.15, 0.2) is 0 Å². The van der Waals surface area contributed by atoms with E-state index >= 15 is 0 Å². The molecule has 16 heavy (non-hydrogen) atoms. The number of carbonyl (C=O) groups excluding carboxylic acids is 1. The first kappa shape index (κ1) is 9.59. The molecule has 1 unspecified atom stereocenters. The normalized spacial score (nSPS) is 28.1. The summed E-state index contributed by atoms with van der Waals surface area (Å²) in [5.74, 6) is 0.803. The third-order valence-corrected chi connectivity index (χ3v) is 3.17. The van der Waals surface area contributed by atoms with Crippen LogP contribution in [0, 0.1) is 0 Å². The molecular weight excluding hydrogens is 206 g/mol. The Hall–Kier alpha value is -1.62. The molecule has 1 amide bonds. The van der Waals surface area contributed by atoms with Crippen LogP contribution in [0.1, 0.15) is 12.0 Å². The average molecular weight is 219 g/mol. The summed E-state index contributed by atoms with van der Waals surface area (Å²) in [6.45, 7) is 1.01. The summed E-state index contributed by atoms with van der Waals surface area (Å²) in [7, 11) is 0. The molecule has 3 heterocycles. The Morgan fingerprint density at radius 3 is 3.31 bits per heavy atom. The number of fused-ring (bicyclic) bond motifs is 3. The molecule has 0 radical (unpaired) electrons. The molecule has 0 bridgehead atoms. The number of aromatic nitrogens is 1. The van der Waals surface area contributed by atoms with Crippen molar-refractivity contribution >= 4 is 11.7 Å². The van der Waals surface area contributed by atoms with Crippen molar-refractivity contribution in [3.05, 3.63) is 23.9 Å². The SMILES string of the molecule is O=C1NCc2cccnc2N2CC(O)C[C@H]12. The summed E-state index contributed by atoms with van der Waals surface area (Å²) >= 11 is 0. The van der Waals surface area contributed by atoms with Gasteiger partial charge in [0.1, 0.15) is 11.9 Å². The molecule has 0 saturated carbocycles. The lowest BCUT2D eigenvalue weighted by Gasteiger charge is -2.22. The van der Waals surface area contributed by atoms with Crippen LogP contribution < -0.4 is 10.2 Å². The van der Waals surface area contributed by atoms with Crippen LogP contribution in [0.3, 0.4) is 0 Å². The Balaban J connectivity index is 2.06. The third kappa shape index (κ3) is 1.36. The quantitative estimate of drug-likeness (QED) is 0.626. The second kappa shape index (κ2) is 3.45. The van der Waals surface area contributed by atoms with Crippen molar-refractivity contribution in [3.63, 3.8) is 0 Å². The van der Waals surface area contributed by atoms with Gasteiger partial charge in [-0.25, -0.2) is 4.98 Å². The van der Waals surface area contributed by atoms with Crippen LogP contribution in [0.2, 0.25) is 0 Å². The van der Waals surface area contributed by atoms with Gasteiger partial charge in [-0.15, -0.1) is 0 Å². The van der Waals surface area contributed by atoms with E-state index in [0.29, 0.717) is 19.5 Å². The minimum absolute atomic E-state index is 0.0189. The molecule has 1 aromatic rings. The fourth-order valence-electron chi connectivity index (χ4n) is 2.42. The molecule has 2 aliphatic heterocycles. The minimum Gasteiger partial charge on any atom is -0.391 e. The number of rotatable bonds is 0. The zero-order valence-corrected chi connectivity index (χ0v) is 8.76. The minimum atomic E-state index is -0.441. The van der Waals surface area contributed by atoms with Crippen LogP contribution in [-0.4, -0.2) is 34.7 Å². The van der Waals surface area contributed by atoms with Crippen molar-refractivity contribution in [2.24, 2.45) is 0 Å². The number of aliphatic hydroxyl groups excluding tert-OH is 1. The lowest BCUT2D eigenvalue weighted by atomic mass is 10.2. The van der Waals surface area contributed by atoms with E-state index in [0.717, 1.165) is 11.4 Å². The highest BCUT2D eigenvalue weighted by atomic mass is 16.3. The lowest BCUT2D eigenvalue weighted by Crippen LogP contribution is -2.40. The van der Waals surface area contributed by atoms with Gasteiger partial charge < -0.3 is 15.3 Å². The molecule has 1 fully saturated rings. The second-order valence-electron chi connectivity index (χ2n) is 4.26. The molecule has 3 rings (SSSR count). The van der Waals surface area contributed by atoms with Crippen LogP contribution in [0.5, 0.6) is 0 Å². The van der Waals surface area contributed by atoms with Crippen molar-refractivity contribution in [2.75, 3.05) is 11.4 Å². The standard InChI is InChI=1S/C11H13N3O2/c15-8-4-9-11(16)13-5-7-2-1-3-12-10(7)14(9)6-8/h1-3,8-9,15H,4-6H2,(H,13,16)/t8?,9-/m1/s1. The number of amides is 1. The van der Waals surface area contributed by atoms with Gasteiger partial charge in [-0.2, -0.15) is 0 Å². The summed E-state index contributed by atoms with van der Waals surface area (Å²) in [6, 6.07) is 3.54. The van der Waals surface area contributed by atoms with Gasteiger partial charge >= 0.3 is 0 Å². The van der Waals surface area contributed by atoms with E-state index in [1.807, 2.05) is 17.0 Å². The first-order chi connectivity index (χ1) is 7.75. The first-order valence-electron chi connectivity index (χ1n) is 5.42. The molecule has 5 nitrogen and oxygen atoms in total. The Kier molecular flexibility index (Phi) is 2.07. The van der Waals surface area contributed by atoms with E-state index in [9.17, 15) is 9.90 Å². The maximum absolute atomic E-state index is 11.8. The highest BCUT2D eigenvalue weighted by Crippen LogP contribution is 2.29. The number of carbonyl (C=O) groups is 1. The fourth-order valence-corrected chi connectivity index (χ4v) is 2.42. The highest BCUT2D eigenvalue weighted by molar-refractivity contribution is 5.87. The molecule has 84 valence electrons. The Labute approximate surface area is 93.1 Å². The van der Waals surface area contributed by atoms with Gasteiger partial charge in [0.05, 0.1) is 6.10 Å². The van der Waals surface area contributed by atoms with Gasteiger partial charge in [0.25, 0.3) is 0 Å². The fraction of sp³-hybridized carbons (Fsp3) is 0.455. The smallest absolute Gasteiger partial charge is 0.243 e. The predicted molar refractivity (Wildman–Crippen MR) is 57.8 cm³/mol. The summed E-state index contributed by atoms with van der Waals surface area (Å²) in [5.41, 5.74) is 1.01. The number of aliphatic hydroxyl groups is 1. The van der Waals surface area contributed by atoms with E-state index < -0.39 is 6.10 Å². The van der Waals surface area contributed by atoms with E-state index in [1.54, 1.807) is 6.20 Å². The number of hydrogen-bond acceptors (Lipinski definition) is 4. The molecule has 5 heteroatoms. The summed E-state index contributed by atoms with van der Waals surface area (Å²) < 4.78 is 0. The molecule has 1 saturated heterocycles. The number of pyridine rings is 1. The molecule has 2 aliphatic rings. The van der Waals surface area contributed by atoms with E-state index in [1.165, 1.54) is 0 Å². The van der Waals surface area contributed by atoms with Gasteiger partial charge in [-0.1, -0.05) is 6.07 Å². The summed E-state index contributed by atoms with van der Waals surface area (Å²) in [4.78, 5) is 18.0. The van der Waals surface area contributed by atoms with Crippen molar-refractivity contribution in [1.82, 2.24) is 10.3 Å². The number of anilines is 1. The monoisotopic (exact) mass is 219 g/mol. The third-order valence-electron chi connectivity index (χ3n) is 3.17. The van der Waals surface area contributed by atoms with Gasteiger partial charge in [-0.05, 0) is 6.07 Å². The zero-order valence-electron chi connectivity index (χ0n) is 8.76. The Morgan fingerprint density at radius 2 is 2.44 bits per heavy atom. The lowest BCUT2D eigenvalue weighted by molar-refractivity contribution is -0.122. The summed E-state index contributed by atoms with van der Waals surface area (Å²) in [6.07, 6.45) is 1.77. The summed E-state index contributed by atoms with van der Waals surface area (Å²) in [5, 5.41) is 12.5. The topological polar surface area (TPSA) is 65.5 Å². The van der Waals surface area contributed by atoms with Crippen LogP contribution in [0.25, 0.3) is 0 Å². The number of nitrogens with zero attached hydrogens (tertiary/aromatic N) is 2. The second-order valence-corrected chi connectivity index (χ2v) is 4.26. The highest BCUT2D eigenvalue weighted by Gasteiger charge is 2.39. The maximum atomic E-state index is 11.8. The van der Waals surface area contributed by atoms with Crippen LogP contribution in [0.4, 0.5) is 5.82 Å². The zero-order chi connectivity index (χ0) is 11.1. The van der Waals surface area contributed by atoms with Gasteiger partial charge in [0, 0.05) is 31.3 Å². The Morgan fingerprint density at radius 1 is 1.56 bits per heavy atom. The van der Waals surface area contributed by atoms with E-state index in [2.05, 4.69) is 10.3 Å². The molecular formula is C11H13N3O2. The molecule has 0 aromatic carbocycles. The van der Waals surface area contributed by atoms with Crippen molar-refractivity contribution < 1.29 is 9.90 Å². The van der Waals surface area contributed by atoms with Crippen LogP contribution >= 0.6 is 0 Å².